The Kier molecular flexibility index (Phi) is 34.2. The van der Waals surface area contributed by atoms with Gasteiger partial charge in [0, 0.05) is 26.2 Å². The van der Waals surface area contributed by atoms with Gasteiger partial charge in [0.05, 0.1) is 24.4 Å². The quantitative estimate of drug-likeness (QED) is 0.267. The van der Waals surface area contributed by atoms with Crippen molar-refractivity contribution >= 4 is 0 Å². The summed E-state index contributed by atoms with van der Waals surface area (Å²) in [5, 5.41) is 59.3. The van der Waals surface area contributed by atoms with Crippen molar-refractivity contribution in [3.63, 3.8) is 0 Å². The molecule has 12 nitrogen and oxygen atoms in total. The first-order valence-electron chi connectivity index (χ1n) is 6.14. The molecular weight excluding hydrogens is 399 g/mol. The van der Waals surface area contributed by atoms with Gasteiger partial charge in [-0.05, 0) is 40.5 Å². The molecule has 0 radical (unpaired) electrons. The standard InChI is InChI=1S/2C5H12O2.2H2NO3.Zr/c2*1-4(6)3-5(2)7;2*2-1(3)4;/h2*4-7H,3H2,1-2H3;2*(H2,2,3,4);/q;;2*+1;. The topological polar surface area (TPSA) is 202 Å². The largest absolute Gasteiger partial charge is 0.472 e. The summed E-state index contributed by atoms with van der Waals surface area (Å²) < 4.78 is 0. The Bertz CT molecular complexity index is 218. The van der Waals surface area contributed by atoms with Crippen LogP contribution in [-0.4, -0.2) is 75.8 Å². The molecule has 4 unspecified atom stereocenters. The summed E-state index contributed by atoms with van der Waals surface area (Å²) >= 11 is 0. The molecule has 0 amide bonds. The summed E-state index contributed by atoms with van der Waals surface area (Å²) in [6.45, 7) is 6.64. The summed E-state index contributed by atoms with van der Waals surface area (Å²) in [5.74, 6) is 0. The Morgan fingerprint density at radius 2 is 0.696 bits per heavy atom. The van der Waals surface area contributed by atoms with Gasteiger partial charge in [-0.2, -0.15) is 0 Å². The summed E-state index contributed by atoms with van der Waals surface area (Å²) in [6.07, 6.45) is -0.556. The van der Waals surface area contributed by atoms with E-state index in [1.807, 2.05) is 0 Å². The van der Waals surface area contributed by atoms with Crippen LogP contribution in [0.4, 0.5) is 0 Å². The van der Waals surface area contributed by atoms with Crippen molar-refractivity contribution in [2.75, 3.05) is 0 Å². The molecule has 0 saturated heterocycles. The molecule has 8 N–H and O–H groups in total. The minimum Gasteiger partial charge on any atom is -0.393 e. The molecule has 23 heavy (non-hydrogen) atoms. The van der Waals surface area contributed by atoms with Crippen molar-refractivity contribution in [3.8, 4) is 0 Å². The second kappa shape index (κ2) is 23.4. The molecule has 0 aromatic rings. The third kappa shape index (κ3) is 152. The van der Waals surface area contributed by atoms with Crippen LogP contribution in [0.3, 0.4) is 0 Å². The SMILES string of the molecule is CC(O)CC(C)O.CC(O)CC(C)O.O=[N+](O)O.O=[N+](O)O.[Zr]. The van der Waals surface area contributed by atoms with Gasteiger partial charge in [-0.25, -0.2) is 20.8 Å². The van der Waals surface area contributed by atoms with Crippen molar-refractivity contribution in [1.29, 1.82) is 0 Å². The van der Waals surface area contributed by atoms with Crippen LogP contribution in [0.1, 0.15) is 40.5 Å². The minimum absolute atomic E-state index is 0. The molecule has 0 rings (SSSR count). The van der Waals surface area contributed by atoms with E-state index in [2.05, 4.69) is 0 Å². The molecule has 4 atom stereocenters. The minimum atomic E-state index is -1.25. The monoisotopic (exact) mass is 426 g/mol. The fourth-order valence-corrected chi connectivity index (χ4v) is 0.987. The molecule has 0 bridgehead atoms. The molecule has 0 fully saturated rings. The first kappa shape index (κ1) is 33.7. The van der Waals surface area contributed by atoms with Gasteiger partial charge < -0.3 is 20.4 Å². The molecule has 0 aromatic carbocycles. The molecule has 13 heteroatoms. The Morgan fingerprint density at radius 3 is 0.696 bits per heavy atom. The Morgan fingerprint density at radius 1 is 0.609 bits per heavy atom. The van der Waals surface area contributed by atoms with Gasteiger partial charge in [-0.3, -0.25) is 0 Å². The van der Waals surface area contributed by atoms with E-state index in [1.165, 1.54) is 0 Å². The molecular formula is C10H28N2O10Zr+2. The fraction of sp³-hybridized carbons (Fsp3) is 1.00. The van der Waals surface area contributed by atoms with Crippen LogP contribution in [0.15, 0.2) is 0 Å². The zero-order valence-electron chi connectivity index (χ0n) is 13.5. The maximum Gasteiger partial charge on any atom is 0.472 e. The van der Waals surface area contributed by atoms with Crippen molar-refractivity contribution < 1.29 is 77.6 Å². The summed E-state index contributed by atoms with van der Waals surface area (Å²) in [7, 11) is 0. The average Bonchev–Trinajstić information content (AvgIpc) is 2.10. The van der Waals surface area contributed by atoms with Crippen LogP contribution < -0.4 is 0 Å². The van der Waals surface area contributed by atoms with E-state index in [4.69, 9.17) is 51.1 Å². The summed E-state index contributed by atoms with van der Waals surface area (Å²) in [6, 6.07) is 0. The molecule has 0 heterocycles. The van der Waals surface area contributed by atoms with E-state index in [0.29, 0.717) is 12.8 Å². The molecule has 0 spiro atoms. The maximum atomic E-state index is 8.56. The number of nitrogens with zero attached hydrogens (tertiary/aromatic N) is 2. The van der Waals surface area contributed by atoms with Crippen LogP contribution >= 0.6 is 0 Å². The second-order valence-corrected chi connectivity index (χ2v) is 4.37. The van der Waals surface area contributed by atoms with Gasteiger partial charge in [0.1, 0.15) is 9.81 Å². The van der Waals surface area contributed by atoms with Gasteiger partial charge in [-0.15, -0.1) is 0 Å². The van der Waals surface area contributed by atoms with E-state index in [1.54, 1.807) is 27.7 Å². The maximum absolute atomic E-state index is 8.56. The van der Waals surface area contributed by atoms with Gasteiger partial charge in [0.2, 0.25) is 0 Å². The summed E-state index contributed by atoms with van der Waals surface area (Å²) in [5.41, 5.74) is 0. The van der Waals surface area contributed by atoms with Crippen molar-refractivity contribution in [3.05, 3.63) is 9.81 Å². The normalized spacial score (nSPS) is 13.6. The van der Waals surface area contributed by atoms with Crippen molar-refractivity contribution in [2.24, 2.45) is 0 Å². The van der Waals surface area contributed by atoms with Crippen LogP contribution in [-0.2, 0) is 26.2 Å². The molecule has 0 aromatic heterocycles. The Balaban J connectivity index is -0.0000000639. The van der Waals surface area contributed by atoms with Crippen molar-refractivity contribution in [1.82, 2.24) is 0 Å². The number of rotatable bonds is 4. The molecule has 0 aliphatic heterocycles. The molecule has 140 valence electrons. The van der Waals surface area contributed by atoms with E-state index in [-0.39, 0.29) is 50.6 Å². The van der Waals surface area contributed by atoms with Gasteiger partial charge in [0.25, 0.3) is 0 Å². The van der Waals surface area contributed by atoms with Crippen LogP contribution in [0.5, 0.6) is 0 Å². The first-order valence-corrected chi connectivity index (χ1v) is 6.14. The Labute approximate surface area is 152 Å². The number of aliphatic hydroxyl groups is 4. The van der Waals surface area contributed by atoms with Gasteiger partial charge in [-0.1, -0.05) is 0 Å². The third-order valence-corrected chi connectivity index (χ3v) is 1.36. The van der Waals surface area contributed by atoms with E-state index in [9.17, 15) is 0 Å². The predicted molar refractivity (Wildman–Crippen MR) is 70.4 cm³/mol. The Hall–Kier alpha value is -0.877. The van der Waals surface area contributed by atoms with Gasteiger partial charge >= 0.3 is 10.2 Å². The number of hydrogen-bond acceptors (Lipinski definition) is 6. The van der Waals surface area contributed by atoms with E-state index >= 15 is 0 Å². The van der Waals surface area contributed by atoms with E-state index in [0.717, 1.165) is 0 Å². The molecule has 0 aliphatic rings. The zero-order valence-corrected chi connectivity index (χ0v) is 16.0. The number of aliphatic hydroxyl groups excluding tert-OH is 4. The second-order valence-electron chi connectivity index (χ2n) is 4.37. The first-order chi connectivity index (χ1) is 9.72. The van der Waals surface area contributed by atoms with Crippen LogP contribution in [0.2, 0.25) is 0 Å². The molecule has 0 saturated carbocycles. The summed E-state index contributed by atoms with van der Waals surface area (Å²) in [4.78, 5) is 16.9. The van der Waals surface area contributed by atoms with Crippen LogP contribution in [0, 0.1) is 9.81 Å². The smallest absolute Gasteiger partial charge is 0.393 e. The van der Waals surface area contributed by atoms with E-state index < -0.39 is 10.2 Å². The van der Waals surface area contributed by atoms with Gasteiger partial charge in [0.15, 0.2) is 0 Å². The fourth-order valence-electron chi connectivity index (χ4n) is 0.987. The average molecular weight is 428 g/mol. The predicted octanol–water partition coefficient (Wildman–Crippen LogP) is -0.639. The number of hydrogen-bond donors (Lipinski definition) is 8. The zero-order chi connectivity index (χ0) is 18.9. The molecule has 0 aliphatic carbocycles. The third-order valence-electron chi connectivity index (χ3n) is 1.36. The van der Waals surface area contributed by atoms with Crippen molar-refractivity contribution in [2.45, 2.75) is 65.0 Å². The van der Waals surface area contributed by atoms with Crippen LogP contribution in [0.25, 0.3) is 0 Å².